The van der Waals surface area contributed by atoms with E-state index in [2.05, 4.69) is 15.3 Å². The van der Waals surface area contributed by atoms with Gasteiger partial charge in [0.1, 0.15) is 0 Å². The molecule has 1 aliphatic rings. The highest BCUT2D eigenvalue weighted by molar-refractivity contribution is 5.95. The summed E-state index contributed by atoms with van der Waals surface area (Å²) < 4.78 is 47.3. The van der Waals surface area contributed by atoms with E-state index >= 15 is 0 Å². The molecule has 6 nitrogen and oxygen atoms in total. The minimum absolute atomic E-state index is 0.116. The molecule has 0 spiro atoms. The number of alkyl halides is 3. The number of carbonyl (C=O) groups excluding carboxylic acids is 1. The van der Waals surface area contributed by atoms with Crippen LogP contribution >= 0.6 is 0 Å². The number of ether oxygens (including phenoxy) is 1. The second kappa shape index (κ2) is 9.54. The van der Waals surface area contributed by atoms with Crippen molar-refractivity contribution >= 4 is 5.91 Å². The molecule has 0 unspecified atom stereocenters. The maximum Gasteiger partial charge on any atom is 0.434 e. The number of hydrogen-bond acceptors (Lipinski definition) is 4. The highest BCUT2D eigenvalue weighted by Crippen LogP contribution is 2.33. The molecule has 2 heterocycles. The summed E-state index contributed by atoms with van der Waals surface area (Å²) in [5.74, 6) is -0.822. The van der Waals surface area contributed by atoms with Crippen molar-refractivity contribution in [1.82, 2.24) is 20.0 Å². The van der Waals surface area contributed by atoms with Crippen molar-refractivity contribution in [3.8, 4) is 5.69 Å². The molecular weight excluding hydrogens is 421 g/mol. The maximum atomic E-state index is 13.7. The first-order valence-electron chi connectivity index (χ1n) is 10.3. The number of aromatic nitrogens is 2. The number of para-hydroxylation sites is 1. The zero-order valence-corrected chi connectivity index (χ0v) is 17.3. The summed E-state index contributed by atoms with van der Waals surface area (Å²) in [7, 11) is 0. The van der Waals surface area contributed by atoms with Crippen molar-refractivity contribution in [2.24, 2.45) is 0 Å². The van der Waals surface area contributed by atoms with E-state index in [1.165, 1.54) is 12.1 Å². The predicted molar refractivity (Wildman–Crippen MR) is 112 cm³/mol. The van der Waals surface area contributed by atoms with Crippen LogP contribution in [0.1, 0.15) is 27.2 Å². The summed E-state index contributed by atoms with van der Waals surface area (Å²) in [5.41, 5.74) is 0.556. The van der Waals surface area contributed by atoms with Crippen molar-refractivity contribution in [3.05, 3.63) is 83.2 Å². The molecule has 1 fully saturated rings. The maximum absolute atomic E-state index is 13.7. The van der Waals surface area contributed by atoms with Crippen LogP contribution in [-0.2, 0) is 24.0 Å². The predicted octanol–water partition coefficient (Wildman–Crippen LogP) is 3.65. The molecule has 1 N–H and O–H groups in total. The van der Waals surface area contributed by atoms with Crippen LogP contribution in [0, 0.1) is 0 Å². The van der Waals surface area contributed by atoms with Crippen molar-refractivity contribution in [1.29, 1.82) is 0 Å². The van der Waals surface area contributed by atoms with Crippen LogP contribution in [0.25, 0.3) is 5.69 Å². The van der Waals surface area contributed by atoms with Gasteiger partial charge in [0.25, 0.3) is 5.91 Å². The number of amides is 1. The lowest BCUT2D eigenvalue weighted by Gasteiger charge is -2.26. The number of hydrogen-bond donors (Lipinski definition) is 1. The van der Waals surface area contributed by atoms with Gasteiger partial charge in [-0.15, -0.1) is 0 Å². The van der Waals surface area contributed by atoms with Crippen LogP contribution in [0.2, 0.25) is 0 Å². The Labute approximate surface area is 183 Å². The van der Waals surface area contributed by atoms with Crippen LogP contribution in [0.15, 0.2) is 60.8 Å². The first-order valence-corrected chi connectivity index (χ1v) is 10.3. The number of morpholine rings is 1. The van der Waals surface area contributed by atoms with Gasteiger partial charge in [0.2, 0.25) is 0 Å². The molecule has 9 heteroatoms. The molecule has 32 heavy (non-hydrogen) atoms. The van der Waals surface area contributed by atoms with Crippen molar-refractivity contribution in [2.45, 2.75) is 19.3 Å². The van der Waals surface area contributed by atoms with Gasteiger partial charge in [-0.3, -0.25) is 9.69 Å². The summed E-state index contributed by atoms with van der Waals surface area (Å²) in [5, 5.41) is 6.39. The normalized spacial score (nSPS) is 15.0. The molecule has 2 aromatic carbocycles. The third-order valence-electron chi connectivity index (χ3n) is 5.27. The van der Waals surface area contributed by atoms with Gasteiger partial charge in [-0.25, -0.2) is 4.68 Å². The Morgan fingerprint density at radius 2 is 1.66 bits per heavy atom. The highest BCUT2D eigenvalue weighted by Gasteiger charge is 2.40. The molecule has 0 atom stereocenters. The molecule has 0 saturated carbocycles. The Morgan fingerprint density at radius 3 is 2.31 bits per heavy atom. The van der Waals surface area contributed by atoms with Gasteiger partial charge in [-0.1, -0.05) is 42.5 Å². The van der Waals surface area contributed by atoms with Crippen molar-refractivity contribution in [2.75, 3.05) is 26.3 Å². The van der Waals surface area contributed by atoms with Crippen LogP contribution < -0.4 is 5.32 Å². The lowest BCUT2D eigenvalue weighted by Crippen LogP contribution is -2.35. The van der Waals surface area contributed by atoms with Crippen molar-refractivity contribution < 1.29 is 22.7 Å². The lowest BCUT2D eigenvalue weighted by molar-refractivity contribution is -0.143. The van der Waals surface area contributed by atoms with Gasteiger partial charge >= 0.3 is 6.18 Å². The molecular formula is C23H23F3N4O2. The minimum Gasteiger partial charge on any atom is -0.379 e. The number of benzene rings is 2. The molecule has 168 valence electrons. The van der Waals surface area contributed by atoms with Crippen LogP contribution in [-0.4, -0.2) is 46.9 Å². The molecule has 1 aliphatic heterocycles. The second-order valence-electron chi connectivity index (χ2n) is 7.54. The fourth-order valence-electron chi connectivity index (χ4n) is 3.61. The van der Waals surface area contributed by atoms with E-state index in [1.807, 2.05) is 24.3 Å². The summed E-state index contributed by atoms with van der Waals surface area (Å²) in [6.45, 7) is 4.15. The van der Waals surface area contributed by atoms with E-state index in [1.54, 1.807) is 18.2 Å². The Balaban J connectivity index is 1.43. The van der Waals surface area contributed by atoms with Crippen molar-refractivity contribution in [3.63, 3.8) is 0 Å². The van der Waals surface area contributed by atoms with E-state index in [9.17, 15) is 18.0 Å². The van der Waals surface area contributed by atoms with E-state index in [0.29, 0.717) is 0 Å². The Kier molecular flexibility index (Phi) is 6.57. The average molecular weight is 444 g/mol. The van der Waals surface area contributed by atoms with E-state index in [4.69, 9.17) is 4.74 Å². The standard InChI is InChI=1S/C23H23F3N4O2/c24-23(25,26)21-20(15-28-30(21)19-4-2-1-3-5-19)22(31)27-14-17-6-8-18(9-7-17)16-29-10-12-32-13-11-29/h1-9,15H,10-14,16H2,(H,27,31). The molecule has 1 saturated heterocycles. The summed E-state index contributed by atoms with van der Waals surface area (Å²) in [4.78, 5) is 14.9. The van der Waals surface area contributed by atoms with Crippen LogP contribution in [0.3, 0.4) is 0 Å². The zero-order chi connectivity index (χ0) is 22.6. The van der Waals surface area contributed by atoms with Gasteiger partial charge < -0.3 is 10.1 Å². The van der Waals surface area contributed by atoms with Crippen LogP contribution in [0.4, 0.5) is 13.2 Å². The lowest BCUT2D eigenvalue weighted by atomic mass is 10.1. The zero-order valence-electron chi connectivity index (χ0n) is 17.3. The quantitative estimate of drug-likeness (QED) is 0.631. The fourth-order valence-corrected chi connectivity index (χ4v) is 3.61. The molecule has 1 amide bonds. The Hall–Kier alpha value is -3.17. The Morgan fingerprint density at radius 1 is 1.00 bits per heavy atom. The van der Waals surface area contributed by atoms with Gasteiger partial charge in [0.05, 0.1) is 30.7 Å². The van der Waals surface area contributed by atoms with E-state index < -0.39 is 23.3 Å². The number of halogens is 3. The number of carbonyl (C=O) groups is 1. The largest absolute Gasteiger partial charge is 0.434 e. The molecule has 3 aromatic rings. The minimum atomic E-state index is -4.74. The Bertz CT molecular complexity index is 1040. The smallest absolute Gasteiger partial charge is 0.379 e. The van der Waals surface area contributed by atoms with Gasteiger partial charge in [-0.2, -0.15) is 18.3 Å². The fraction of sp³-hybridized carbons (Fsp3) is 0.304. The van der Waals surface area contributed by atoms with Gasteiger partial charge in [0, 0.05) is 26.2 Å². The third kappa shape index (κ3) is 5.17. The van der Waals surface area contributed by atoms with Crippen LogP contribution in [0.5, 0.6) is 0 Å². The molecule has 4 rings (SSSR count). The average Bonchev–Trinajstić information content (AvgIpc) is 3.26. The molecule has 1 aromatic heterocycles. The third-order valence-corrected chi connectivity index (χ3v) is 5.27. The number of nitrogens with one attached hydrogen (secondary N) is 1. The molecule has 0 radical (unpaired) electrons. The SMILES string of the molecule is O=C(NCc1ccc(CN2CCOCC2)cc1)c1cnn(-c2ccccc2)c1C(F)(F)F. The molecule has 0 aliphatic carbocycles. The summed E-state index contributed by atoms with van der Waals surface area (Å²) in [6.07, 6.45) is -3.78. The number of nitrogens with zero attached hydrogens (tertiary/aromatic N) is 3. The summed E-state index contributed by atoms with van der Waals surface area (Å²) >= 11 is 0. The monoisotopic (exact) mass is 444 g/mol. The topological polar surface area (TPSA) is 59.4 Å². The van der Waals surface area contributed by atoms with Gasteiger partial charge in [0.15, 0.2) is 5.69 Å². The second-order valence-corrected chi connectivity index (χ2v) is 7.54. The first kappa shape index (κ1) is 22.0. The molecule has 0 bridgehead atoms. The van der Waals surface area contributed by atoms with Gasteiger partial charge in [-0.05, 0) is 23.3 Å². The summed E-state index contributed by atoms with van der Waals surface area (Å²) in [6, 6.07) is 15.6. The van der Waals surface area contributed by atoms with E-state index in [0.717, 1.165) is 54.9 Å². The van der Waals surface area contributed by atoms with E-state index in [-0.39, 0.29) is 12.2 Å². The first-order chi connectivity index (χ1) is 15.4. The number of rotatable bonds is 6. The highest BCUT2D eigenvalue weighted by atomic mass is 19.4.